The van der Waals surface area contributed by atoms with E-state index in [2.05, 4.69) is 17.6 Å². The van der Waals surface area contributed by atoms with E-state index in [1.807, 2.05) is 25.1 Å². The van der Waals surface area contributed by atoms with E-state index in [0.717, 1.165) is 29.6 Å². The van der Waals surface area contributed by atoms with Gasteiger partial charge in [0.2, 0.25) is 0 Å². The molecule has 25 heavy (non-hydrogen) atoms. The highest BCUT2D eigenvalue weighted by Crippen LogP contribution is 2.20. The molecule has 1 aromatic heterocycles. The van der Waals surface area contributed by atoms with Crippen molar-refractivity contribution in [1.29, 1.82) is 0 Å². The molecule has 1 aromatic carbocycles. The van der Waals surface area contributed by atoms with Crippen molar-refractivity contribution in [2.24, 2.45) is 0 Å². The van der Waals surface area contributed by atoms with Gasteiger partial charge in [-0.2, -0.15) is 0 Å². The Hall–Kier alpha value is -1.88. The molecular formula is C20H28N2O2S. The van der Waals surface area contributed by atoms with Crippen LogP contribution >= 0.6 is 12.2 Å². The lowest BCUT2D eigenvalue weighted by Gasteiger charge is -2.11. The van der Waals surface area contributed by atoms with Crippen LogP contribution in [0.25, 0.3) is 11.0 Å². The van der Waals surface area contributed by atoms with Gasteiger partial charge in [-0.1, -0.05) is 45.4 Å². The van der Waals surface area contributed by atoms with Gasteiger partial charge in [-0.25, -0.2) is 4.79 Å². The third-order valence-electron chi connectivity index (χ3n) is 4.28. The van der Waals surface area contributed by atoms with Gasteiger partial charge in [0.05, 0.1) is 0 Å². The van der Waals surface area contributed by atoms with Gasteiger partial charge in [0.25, 0.3) is 0 Å². The summed E-state index contributed by atoms with van der Waals surface area (Å²) in [6.07, 6.45) is 8.97. The van der Waals surface area contributed by atoms with Gasteiger partial charge in [-0.15, -0.1) is 0 Å². The normalized spacial score (nSPS) is 10.8. The minimum atomic E-state index is -0.332. The van der Waals surface area contributed by atoms with Gasteiger partial charge in [-0.3, -0.25) is 0 Å². The van der Waals surface area contributed by atoms with Gasteiger partial charge < -0.3 is 15.1 Å². The summed E-state index contributed by atoms with van der Waals surface area (Å²) in [5.41, 5.74) is 1.97. The predicted octanol–water partition coefficient (Wildman–Crippen LogP) is 5.14. The number of nitrogens with one attached hydrogen (secondary N) is 2. The zero-order valence-electron chi connectivity index (χ0n) is 15.2. The molecule has 0 aliphatic carbocycles. The van der Waals surface area contributed by atoms with E-state index in [-0.39, 0.29) is 5.63 Å². The Bertz CT molecular complexity index is 755. The van der Waals surface area contributed by atoms with Crippen LogP contribution in [0.2, 0.25) is 0 Å². The molecule has 0 saturated carbocycles. The van der Waals surface area contributed by atoms with Crippen molar-refractivity contribution in [1.82, 2.24) is 5.32 Å². The smallest absolute Gasteiger partial charge is 0.336 e. The van der Waals surface area contributed by atoms with Gasteiger partial charge >= 0.3 is 5.63 Å². The number of aryl methyl sites for hydroxylation is 1. The van der Waals surface area contributed by atoms with E-state index in [9.17, 15) is 4.79 Å². The molecule has 0 saturated heterocycles. The average Bonchev–Trinajstić information content (AvgIpc) is 2.56. The van der Waals surface area contributed by atoms with Crippen LogP contribution in [-0.2, 0) is 0 Å². The lowest BCUT2D eigenvalue weighted by atomic mass is 10.1. The van der Waals surface area contributed by atoms with Gasteiger partial charge in [-0.05, 0) is 43.3 Å². The predicted molar refractivity (Wildman–Crippen MR) is 109 cm³/mol. The number of unbranched alkanes of at least 4 members (excludes halogenated alkanes) is 6. The van der Waals surface area contributed by atoms with Crippen molar-refractivity contribution >= 4 is 34.0 Å². The summed E-state index contributed by atoms with van der Waals surface area (Å²) in [5.74, 6) is 0. The summed E-state index contributed by atoms with van der Waals surface area (Å²) in [4.78, 5) is 11.5. The monoisotopic (exact) mass is 360 g/mol. The summed E-state index contributed by atoms with van der Waals surface area (Å²) in [5, 5.41) is 7.92. The van der Waals surface area contributed by atoms with E-state index in [0.29, 0.717) is 10.7 Å². The number of anilines is 1. The Balaban J connectivity index is 1.75. The molecule has 0 radical (unpaired) electrons. The third-order valence-corrected chi connectivity index (χ3v) is 4.52. The highest BCUT2D eigenvalue weighted by molar-refractivity contribution is 7.80. The molecular weight excluding hydrogens is 332 g/mol. The largest absolute Gasteiger partial charge is 0.423 e. The molecule has 0 bridgehead atoms. The van der Waals surface area contributed by atoms with Crippen LogP contribution in [0, 0.1) is 6.92 Å². The fourth-order valence-corrected chi connectivity index (χ4v) is 3.08. The maximum Gasteiger partial charge on any atom is 0.336 e. The van der Waals surface area contributed by atoms with E-state index >= 15 is 0 Å². The molecule has 0 unspecified atom stereocenters. The lowest BCUT2D eigenvalue weighted by Crippen LogP contribution is -2.29. The summed E-state index contributed by atoms with van der Waals surface area (Å²) >= 11 is 5.33. The molecule has 2 rings (SSSR count). The van der Waals surface area contributed by atoms with Crippen LogP contribution in [0.15, 0.2) is 33.5 Å². The third kappa shape index (κ3) is 6.50. The van der Waals surface area contributed by atoms with E-state index in [1.54, 1.807) is 0 Å². The molecule has 0 spiro atoms. The van der Waals surface area contributed by atoms with Crippen LogP contribution in [-0.4, -0.2) is 11.7 Å². The van der Waals surface area contributed by atoms with E-state index < -0.39 is 0 Å². The zero-order chi connectivity index (χ0) is 18.1. The minimum Gasteiger partial charge on any atom is -0.423 e. The highest BCUT2D eigenvalue weighted by atomic mass is 32.1. The first-order chi connectivity index (χ1) is 12.1. The molecule has 2 N–H and O–H groups in total. The van der Waals surface area contributed by atoms with Gasteiger partial charge in [0, 0.05) is 29.8 Å². The van der Waals surface area contributed by atoms with Crippen molar-refractivity contribution in [3.8, 4) is 0 Å². The van der Waals surface area contributed by atoms with Crippen molar-refractivity contribution in [2.75, 3.05) is 11.9 Å². The first-order valence-corrected chi connectivity index (χ1v) is 9.60. The number of thiocarbonyl (C=S) groups is 1. The molecule has 0 aliphatic rings. The topological polar surface area (TPSA) is 54.3 Å². The van der Waals surface area contributed by atoms with Crippen LogP contribution in [0.3, 0.4) is 0 Å². The second-order valence-electron chi connectivity index (χ2n) is 6.46. The Morgan fingerprint density at radius 3 is 2.56 bits per heavy atom. The lowest BCUT2D eigenvalue weighted by molar-refractivity contribution is 0.560. The van der Waals surface area contributed by atoms with Crippen molar-refractivity contribution in [3.63, 3.8) is 0 Å². The molecule has 0 amide bonds. The fraction of sp³-hybridized carbons (Fsp3) is 0.500. The highest BCUT2D eigenvalue weighted by Gasteiger charge is 2.04. The maximum atomic E-state index is 11.5. The molecule has 0 aliphatic heterocycles. The SMILES string of the molecule is CCCCCCCCCNC(=S)Nc1ccc2c(C)cc(=O)oc2c1. The number of hydrogen-bond acceptors (Lipinski definition) is 3. The van der Waals surface area contributed by atoms with Crippen LogP contribution in [0.1, 0.15) is 57.4 Å². The van der Waals surface area contributed by atoms with Crippen molar-refractivity contribution < 1.29 is 4.42 Å². The number of rotatable bonds is 9. The van der Waals surface area contributed by atoms with E-state index in [1.165, 1.54) is 44.6 Å². The Morgan fingerprint density at radius 2 is 1.80 bits per heavy atom. The van der Waals surface area contributed by atoms with Crippen LogP contribution in [0.4, 0.5) is 5.69 Å². The molecule has 0 atom stereocenters. The Labute approximate surface area is 155 Å². The first-order valence-electron chi connectivity index (χ1n) is 9.19. The summed E-state index contributed by atoms with van der Waals surface area (Å²) < 4.78 is 5.26. The second kappa shape index (κ2) is 10.2. The maximum absolute atomic E-state index is 11.5. The molecule has 136 valence electrons. The Kier molecular flexibility index (Phi) is 7.92. The molecule has 4 nitrogen and oxygen atoms in total. The van der Waals surface area contributed by atoms with Gasteiger partial charge in [0.1, 0.15) is 5.58 Å². The van der Waals surface area contributed by atoms with Gasteiger partial charge in [0.15, 0.2) is 5.11 Å². The van der Waals surface area contributed by atoms with Crippen molar-refractivity contribution in [3.05, 3.63) is 40.2 Å². The van der Waals surface area contributed by atoms with E-state index in [4.69, 9.17) is 16.6 Å². The number of hydrogen-bond donors (Lipinski definition) is 2. The summed E-state index contributed by atoms with van der Waals surface area (Å²) in [7, 11) is 0. The first kappa shape index (κ1) is 19.4. The number of fused-ring (bicyclic) bond motifs is 1. The zero-order valence-corrected chi connectivity index (χ0v) is 16.0. The minimum absolute atomic E-state index is 0.332. The van der Waals surface area contributed by atoms with Crippen LogP contribution < -0.4 is 16.3 Å². The molecule has 2 aromatic rings. The molecule has 0 fully saturated rings. The van der Waals surface area contributed by atoms with Crippen LogP contribution in [0.5, 0.6) is 0 Å². The molecule has 5 heteroatoms. The Morgan fingerprint density at radius 1 is 1.08 bits per heavy atom. The average molecular weight is 361 g/mol. The summed E-state index contributed by atoms with van der Waals surface area (Å²) in [6, 6.07) is 7.20. The quantitative estimate of drug-likeness (QED) is 0.368. The second-order valence-corrected chi connectivity index (χ2v) is 6.87. The fourth-order valence-electron chi connectivity index (χ4n) is 2.86. The molecule has 1 heterocycles. The van der Waals surface area contributed by atoms with Crippen molar-refractivity contribution in [2.45, 2.75) is 58.8 Å². The standard InChI is InChI=1S/C20H28N2O2S/c1-3-4-5-6-7-8-9-12-21-20(25)22-16-10-11-17-15(2)13-19(23)24-18(17)14-16/h10-11,13-14H,3-9,12H2,1-2H3,(H2,21,22,25). The number of benzene rings is 1. The summed E-state index contributed by atoms with van der Waals surface area (Å²) in [6.45, 7) is 5.02.